The van der Waals surface area contributed by atoms with E-state index in [0.29, 0.717) is 39.5 Å². The maximum atomic E-state index is 13.1. The maximum Gasteiger partial charge on any atom is 0.259 e. The number of fused-ring (bicyclic) bond motifs is 1. The monoisotopic (exact) mass is 390 g/mol. The molecule has 0 radical (unpaired) electrons. The number of hydrogen-bond acceptors (Lipinski definition) is 6. The summed E-state index contributed by atoms with van der Waals surface area (Å²) >= 11 is 0. The van der Waals surface area contributed by atoms with Crippen molar-refractivity contribution in [2.75, 3.05) is 10.6 Å². The van der Waals surface area contributed by atoms with Gasteiger partial charge in [-0.05, 0) is 55.8 Å². The van der Waals surface area contributed by atoms with Gasteiger partial charge >= 0.3 is 0 Å². The Kier molecular flexibility index (Phi) is 4.59. The number of amides is 2. The Labute approximate surface area is 165 Å². The van der Waals surface area contributed by atoms with Gasteiger partial charge in [0.05, 0.1) is 22.9 Å². The topological polar surface area (TPSA) is 110 Å². The van der Waals surface area contributed by atoms with Crippen molar-refractivity contribution in [2.45, 2.75) is 20.8 Å². The number of nitrogens with zero attached hydrogens (tertiary/aromatic N) is 2. The molecule has 0 atom stereocenters. The summed E-state index contributed by atoms with van der Waals surface area (Å²) in [4.78, 5) is 28.7. The zero-order chi connectivity index (χ0) is 20.5. The van der Waals surface area contributed by atoms with Gasteiger partial charge < -0.3 is 19.6 Å². The summed E-state index contributed by atoms with van der Waals surface area (Å²) in [5.74, 6) is 0.0335. The maximum absolute atomic E-state index is 13.1. The number of nitrogens with one attached hydrogen (secondary N) is 2. The van der Waals surface area contributed by atoms with Crippen molar-refractivity contribution >= 4 is 34.3 Å². The van der Waals surface area contributed by atoms with Gasteiger partial charge in [0.15, 0.2) is 5.76 Å². The molecule has 0 bridgehead atoms. The summed E-state index contributed by atoms with van der Waals surface area (Å²) in [5, 5.41) is 10.1. The van der Waals surface area contributed by atoms with Crippen LogP contribution in [0.4, 0.5) is 11.4 Å². The lowest BCUT2D eigenvalue weighted by Gasteiger charge is -2.11. The fourth-order valence-corrected chi connectivity index (χ4v) is 3.09. The van der Waals surface area contributed by atoms with Crippen LogP contribution < -0.4 is 10.6 Å². The standard InChI is InChI=1S/C21H18N4O4/c1-11-9-14(6-7-16(11)22-13(3)26)23-20(27)15-10-17(18-5-4-8-28-18)24-21-19(15)12(2)25-29-21/h4-10H,1-3H3,(H,22,26)(H,23,27). The zero-order valence-electron chi connectivity index (χ0n) is 16.1. The Balaban J connectivity index is 1.70. The number of pyridine rings is 1. The average molecular weight is 390 g/mol. The summed E-state index contributed by atoms with van der Waals surface area (Å²) < 4.78 is 10.7. The largest absolute Gasteiger partial charge is 0.463 e. The third kappa shape index (κ3) is 3.60. The number of hydrogen-bond donors (Lipinski definition) is 2. The molecule has 3 heterocycles. The van der Waals surface area contributed by atoms with Crippen LogP contribution in [0.25, 0.3) is 22.6 Å². The lowest BCUT2D eigenvalue weighted by atomic mass is 10.1. The van der Waals surface area contributed by atoms with Crippen LogP contribution in [-0.4, -0.2) is 22.0 Å². The molecule has 0 aliphatic heterocycles. The Hall–Kier alpha value is -3.94. The van der Waals surface area contributed by atoms with Gasteiger partial charge in [-0.2, -0.15) is 0 Å². The van der Waals surface area contributed by atoms with E-state index in [1.165, 1.54) is 13.2 Å². The minimum atomic E-state index is -0.330. The second-order valence-corrected chi connectivity index (χ2v) is 6.65. The Morgan fingerprint density at radius 2 is 1.90 bits per heavy atom. The Morgan fingerprint density at radius 3 is 2.59 bits per heavy atom. The molecule has 0 unspecified atom stereocenters. The van der Waals surface area contributed by atoms with Crippen LogP contribution in [0, 0.1) is 13.8 Å². The van der Waals surface area contributed by atoms with E-state index in [9.17, 15) is 9.59 Å². The molecule has 2 amide bonds. The summed E-state index contributed by atoms with van der Waals surface area (Å²) in [6.07, 6.45) is 1.53. The SMILES string of the molecule is CC(=O)Nc1ccc(NC(=O)c2cc(-c3ccco3)nc3onc(C)c23)cc1C. The molecule has 8 nitrogen and oxygen atoms in total. The van der Waals surface area contributed by atoms with Gasteiger partial charge in [-0.25, -0.2) is 4.98 Å². The van der Waals surface area contributed by atoms with Crippen molar-refractivity contribution in [3.05, 3.63) is 59.5 Å². The highest BCUT2D eigenvalue weighted by Crippen LogP contribution is 2.28. The van der Waals surface area contributed by atoms with E-state index in [-0.39, 0.29) is 17.5 Å². The summed E-state index contributed by atoms with van der Waals surface area (Å²) in [5.41, 5.74) is 3.80. The van der Waals surface area contributed by atoms with Crippen LogP contribution in [0.2, 0.25) is 0 Å². The summed E-state index contributed by atoms with van der Waals surface area (Å²) in [7, 11) is 0. The normalized spacial score (nSPS) is 10.9. The fraction of sp³-hybridized carbons (Fsp3) is 0.143. The van der Waals surface area contributed by atoms with E-state index in [1.807, 2.05) is 6.92 Å². The molecular formula is C21H18N4O4. The zero-order valence-corrected chi connectivity index (χ0v) is 16.1. The Bertz CT molecular complexity index is 1230. The molecule has 0 saturated heterocycles. The highest BCUT2D eigenvalue weighted by molar-refractivity contribution is 6.13. The van der Waals surface area contributed by atoms with Crippen LogP contribution >= 0.6 is 0 Å². The van der Waals surface area contributed by atoms with Gasteiger partial charge in [0, 0.05) is 18.3 Å². The van der Waals surface area contributed by atoms with Gasteiger partial charge in [0.25, 0.3) is 11.6 Å². The fourth-order valence-electron chi connectivity index (χ4n) is 3.09. The lowest BCUT2D eigenvalue weighted by molar-refractivity contribution is -0.114. The number of benzene rings is 1. The molecule has 2 N–H and O–H groups in total. The van der Waals surface area contributed by atoms with Gasteiger partial charge in [-0.1, -0.05) is 5.16 Å². The number of aryl methyl sites for hydroxylation is 2. The molecule has 0 aliphatic carbocycles. The molecule has 0 spiro atoms. The minimum absolute atomic E-state index is 0.155. The van der Waals surface area contributed by atoms with Crippen molar-refractivity contribution in [1.29, 1.82) is 0 Å². The highest BCUT2D eigenvalue weighted by atomic mass is 16.5. The third-order valence-corrected chi connectivity index (χ3v) is 4.43. The highest BCUT2D eigenvalue weighted by Gasteiger charge is 2.20. The van der Waals surface area contributed by atoms with E-state index in [4.69, 9.17) is 8.94 Å². The van der Waals surface area contributed by atoms with E-state index in [1.54, 1.807) is 43.3 Å². The number of aromatic nitrogens is 2. The first-order valence-electron chi connectivity index (χ1n) is 8.93. The van der Waals surface area contributed by atoms with Crippen LogP contribution in [0.3, 0.4) is 0 Å². The molecule has 0 saturated carbocycles. The predicted octanol–water partition coefficient (Wildman–Crippen LogP) is 4.31. The van der Waals surface area contributed by atoms with Gasteiger partial charge in [0.1, 0.15) is 5.69 Å². The van der Waals surface area contributed by atoms with E-state index >= 15 is 0 Å². The smallest absolute Gasteiger partial charge is 0.259 e. The van der Waals surface area contributed by atoms with Crippen molar-refractivity contribution in [2.24, 2.45) is 0 Å². The van der Waals surface area contributed by atoms with Gasteiger partial charge in [0.2, 0.25) is 5.91 Å². The second kappa shape index (κ2) is 7.23. The molecule has 0 aliphatic rings. The first-order valence-corrected chi connectivity index (χ1v) is 8.93. The van der Waals surface area contributed by atoms with Gasteiger partial charge in [-0.15, -0.1) is 0 Å². The molecule has 29 heavy (non-hydrogen) atoms. The van der Waals surface area contributed by atoms with Crippen LogP contribution in [0.15, 0.2) is 51.6 Å². The molecule has 4 rings (SSSR count). The molecular weight excluding hydrogens is 372 g/mol. The quantitative estimate of drug-likeness (QED) is 0.537. The molecule has 8 heteroatoms. The molecule has 4 aromatic rings. The number of rotatable bonds is 4. The predicted molar refractivity (Wildman–Crippen MR) is 108 cm³/mol. The van der Waals surface area contributed by atoms with Crippen molar-refractivity contribution in [3.8, 4) is 11.5 Å². The van der Waals surface area contributed by atoms with Crippen LogP contribution in [0.1, 0.15) is 28.5 Å². The van der Waals surface area contributed by atoms with Crippen molar-refractivity contribution < 1.29 is 18.5 Å². The molecule has 0 fully saturated rings. The molecule has 3 aromatic heterocycles. The number of furan rings is 1. The van der Waals surface area contributed by atoms with Crippen molar-refractivity contribution in [1.82, 2.24) is 10.1 Å². The second-order valence-electron chi connectivity index (χ2n) is 6.65. The van der Waals surface area contributed by atoms with Crippen LogP contribution in [-0.2, 0) is 4.79 Å². The van der Waals surface area contributed by atoms with Crippen molar-refractivity contribution in [3.63, 3.8) is 0 Å². The van der Waals surface area contributed by atoms with Crippen LogP contribution in [0.5, 0.6) is 0 Å². The average Bonchev–Trinajstić information content (AvgIpc) is 3.33. The number of carbonyl (C=O) groups is 2. The lowest BCUT2D eigenvalue weighted by Crippen LogP contribution is -2.14. The summed E-state index contributed by atoms with van der Waals surface area (Å²) in [6.45, 7) is 5.05. The van der Waals surface area contributed by atoms with E-state index in [2.05, 4.69) is 20.8 Å². The van der Waals surface area contributed by atoms with E-state index < -0.39 is 0 Å². The molecule has 146 valence electrons. The van der Waals surface area contributed by atoms with Gasteiger partial charge in [-0.3, -0.25) is 9.59 Å². The summed E-state index contributed by atoms with van der Waals surface area (Å²) in [6, 6.07) is 10.4. The molecule has 1 aromatic carbocycles. The Morgan fingerprint density at radius 1 is 1.07 bits per heavy atom. The first-order chi connectivity index (χ1) is 13.9. The number of anilines is 2. The first kappa shape index (κ1) is 18.4. The third-order valence-electron chi connectivity index (χ3n) is 4.43. The number of carbonyl (C=O) groups excluding carboxylic acids is 2. The van der Waals surface area contributed by atoms with E-state index in [0.717, 1.165) is 5.56 Å². The minimum Gasteiger partial charge on any atom is -0.463 e.